The lowest BCUT2D eigenvalue weighted by Crippen LogP contribution is -2.38. The van der Waals surface area contributed by atoms with E-state index in [2.05, 4.69) is 0 Å². The van der Waals surface area contributed by atoms with Crippen molar-refractivity contribution in [3.63, 3.8) is 0 Å². The summed E-state index contributed by atoms with van der Waals surface area (Å²) in [5.74, 6) is -0.955. The molecule has 0 bridgehead atoms. The number of aromatic nitrogens is 1. The molecular formula is C14H17ClN2O5. The quantitative estimate of drug-likeness (QED) is 0.868. The number of hydrogen-bond acceptors (Lipinski definition) is 3. The summed E-state index contributed by atoms with van der Waals surface area (Å²) in [5, 5.41) is 18.9. The maximum Gasteiger partial charge on any atom is 0.407 e. The minimum Gasteiger partial charge on any atom is -0.478 e. The van der Waals surface area contributed by atoms with E-state index in [-0.39, 0.29) is 23.0 Å². The van der Waals surface area contributed by atoms with Gasteiger partial charge in [0.1, 0.15) is 5.56 Å². The fraction of sp³-hybridized carbons (Fsp3) is 0.571. The molecule has 0 unspecified atom stereocenters. The second-order valence-electron chi connectivity index (χ2n) is 5.57. The zero-order chi connectivity index (χ0) is 15.9. The molecule has 1 aromatic heterocycles. The maximum absolute atomic E-state index is 11.6. The maximum atomic E-state index is 11.6. The van der Waals surface area contributed by atoms with Gasteiger partial charge in [-0.05, 0) is 12.8 Å². The molecule has 0 saturated carbocycles. The van der Waals surface area contributed by atoms with Crippen LogP contribution < -0.4 is 0 Å². The van der Waals surface area contributed by atoms with Gasteiger partial charge < -0.3 is 24.4 Å². The summed E-state index contributed by atoms with van der Waals surface area (Å²) in [6.45, 7) is 2.08. The van der Waals surface area contributed by atoms with E-state index in [1.54, 1.807) is 0 Å². The zero-order valence-corrected chi connectivity index (χ0v) is 12.7. The van der Waals surface area contributed by atoms with Gasteiger partial charge in [0.05, 0.1) is 17.3 Å². The molecule has 1 fully saturated rings. The van der Waals surface area contributed by atoms with Crippen molar-refractivity contribution < 1.29 is 24.5 Å². The first-order valence-electron chi connectivity index (χ1n) is 7.20. The van der Waals surface area contributed by atoms with Crippen LogP contribution in [0, 0.1) is 0 Å². The third kappa shape index (κ3) is 2.44. The first kappa shape index (κ1) is 15.2. The van der Waals surface area contributed by atoms with Gasteiger partial charge in [0, 0.05) is 37.9 Å². The standard InChI is InChI=1S/C14H17ClN2O5/c15-11-10(13(18)19)9-7-16(14(20)21)3-4-17(9)12(11)8-1-5-22-6-2-8/h8H,1-7H2,(H,18,19)(H,20,21). The molecule has 3 rings (SSSR count). The molecule has 120 valence electrons. The lowest BCUT2D eigenvalue weighted by molar-refractivity contribution is 0.0691. The van der Waals surface area contributed by atoms with Gasteiger partial charge in [-0.3, -0.25) is 0 Å². The van der Waals surface area contributed by atoms with Crippen molar-refractivity contribution in [1.82, 2.24) is 9.47 Å². The van der Waals surface area contributed by atoms with E-state index < -0.39 is 12.1 Å². The van der Waals surface area contributed by atoms with E-state index in [9.17, 15) is 14.7 Å². The van der Waals surface area contributed by atoms with E-state index in [4.69, 9.17) is 21.4 Å². The molecule has 0 spiro atoms. The van der Waals surface area contributed by atoms with Gasteiger partial charge in [0.15, 0.2) is 0 Å². The third-order valence-corrected chi connectivity index (χ3v) is 4.76. The number of nitrogens with zero attached hydrogens (tertiary/aromatic N) is 2. The molecule has 2 aliphatic rings. The van der Waals surface area contributed by atoms with Crippen molar-refractivity contribution >= 4 is 23.7 Å². The number of fused-ring (bicyclic) bond motifs is 1. The molecule has 2 N–H and O–H groups in total. The van der Waals surface area contributed by atoms with Crippen LogP contribution >= 0.6 is 11.6 Å². The minimum atomic E-state index is -1.11. The van der Waals surface area contributed by atoms with Crippen LogP contribution in [0.4, 0.5) is 4.79 Å². The average Bonchev–Trinajstić information content (AvgIpc) is 2.79. The van der Waals surface area contributed by atoms with Gasteiger partial charge in [0.25, 0.3) is 0 Å². The van der Waals surface area contributed by atoms with Crippen molar-refractivity contribution in [3.05, 3.63) is 22.0 Å². The molecular weight excluding hydrogens is 312 g/mol. The number of amides is 1. The summed E-state index contributed by atoms with van der Waals surface area (Å²) in [4.78, 5) is 24.0. The van der Waals surface area contributed by atoms with Crippen LogP contribution in [-0.2, 0) is 17.8 Å². The van der Waals surface area contributed by atoms with Crippen molar-refractivity contribution in [3.8, 4) is 0 Å². The Hall–Kier alpha value is -1.73. The highest BCUT2D eigenvalue weighted by Gasteiger charge is 2.34. The third-order valence-electron chi connectivity index (χ3n) is 4.38. The summed E-state index contributed by atoms with van der Waals surface area (Å²) < 4.78 is 7.26. The van der Waals surface area contributed by atoms with Gasteiger partial charge in [0.2, 0.25) is 0 Å². The van der Waals surface area contributed by atoms with Crippen molar-refractivity contribution in [1.29, 1.82) is 0 Å². The monoisotopic (exact) mass is 328 g/mol. The number of carboxylic acids is 1. The van der Waals surface area contributed by atoms with Crippen LogP contribution in [0.25, 0.3) is 0 Å². The van der Waals surface area contributed by atoms with Gasteiger partial charge in [-0.25, -0.2) is 9.59 Å². The van der Waals surface area contributed by atoms with Gasteiger partial charge in [-0.15, -0.1) is 0 Å². The SMILES string of the molecule is O=C(O)c1c(Cl)c(C2CCOCC2)n2c1CN(C(=O)O)CC2. The Morgan fingerprint density at radius 3 is 2.45 bits per heavy atom. The van der Waals surface area contributed by atoms with Crippen LogP contribution in [0.15, 0.2) is 0 Å². The Morgan fingerprint density at radius 1 is 1.18 bits per heavy atom. The normalized spacial score (nSPS) is 19.0. The number of ether oxygens (including phenoxy) is 1. The minimum absolute atomic E-state index is 0.0362. The highest BCUT2D eigenvalue weighted by Crippen LogP contribution is 2.39. The number of rotatable bonds is 2. The lowest BCUT2D eigenvalue weighted by atomic mass is 9.96. The van der Waals surface area contributed by atoms with Crippen molar-refractivity contribution in [2.75, 3.05) is 19.8 Å². The number of carboxylic acid groups (broad SMARTS) is 2. The first-order valence-corrected chi connectivity index (χ1v) is 7.58. The molecule has 22 heavy (non-hydrogen) atoms. The molecule has 8 heteroatoms. The fourth-order valence-electron chi connectivity index (χ4n) is 3.31. The van der Waals surface area contributed by atoms with Crippen LogP contribution in [0.1, 0.15) is 40.5 Å². The van der Waals surface area contributed by atoms with E-state index in [1.807, 2.05) is 4.57 Å². The molecule has 0 atom stereocenters. The predicted octanol–water partition coefficient (Wildman–Crippen LogP) is 2.23. The van der Waals surface area contributed by atoms with Gasteiger partial charge >= 0.3 is 12.1 Å². The smallest absolute Gasteiger partial charge is 0.407 e. The Balaban J connectivity index is 2.07. The molecule has 0 radical (unpaired) electrons. The molecule has 3 heterocycles. The summed E-state index contributed by atoms with van der Waals surface area (Å²) in [6.07, 6.45) is 0.544. The van der Waals surface area contributed by atoms with Crippen LogP contribution in [0.5, 0.6) is 0 Å². The summed E-state index contributed by atoms with van der Waals surface area (Å²) >= 11 is 6.37. The zero-order valence-electron chi connectivity index (χ0n) is 11.9. The predicted molar refractivity (Wildman–Crippen MR) is 77.6 cm³/mol. The molecule has 0 aromatic carbocycles. The largest absolute Gasteiger partial charge is 0.478 e. The van der Waals surface area contributed by atoms with E-state index >= 15 is 0 Å². The second-order valence-corrected chi connectivity index (χ2v) is 5.95. The van der Waals surface area contributed by atoms with Crippen LogP contribution in [0.3, 0.4) is 0 Å². The molecule has 1 aromatic rings. The highest BCUT2D eigenvalue weighted by molar-refractivity contribution is 6.34. The second kappa shape index (κ2) is 5.81. The first-order chi connectivity index (χ1) is 10.5. The Morgan fingerprint density at radius 2 is 1.86 bits per heavy atom. The van der Waals surface area contributed by atoms with E-state index in [0.717, 1.165) is 18.5 Å². The number of carbonyl (C=O) groups is 2. The number of hydrogen-bond donors (Lipinski definition) is 2. The van der Waals surface area contributed by atoms with Crippen molar-refractivity contribution in [2.45, 2.75) is 31.8 Å². The highest BCUT2D eigenvalue weighted by atomic mass is 35.5. The Kier molecular flexibility index (Phi) is 4.01. The Labute approximate surface area is 132 Å². The number of halogens is 1. The summed E-state index contributed by atoms with van der Waals surface area (Å²) in [5.41, 5.74) is 1.34. The lowest BCUT2D eigenvalue weighted by Gasteiger charge is -2.30. The molecule has 1 saturated heterocycles. The van der Waals surface area contributed by atoms with E-state index in [0.29, 0.717) is 32.0 Å². The molecule has 7 nitrogen and oxygen atoms in total. The van der Waals surface area contributed by atoms with Crippen molar-refractivity contribution in [2.24, 2.45) is 0 Å². The van der Waals surface area contributed by atoms with Gasteiger partial charge in [-0.2, -0.15) is 0 Å². The Bertz CT molecular complexity index is 621. The number of aromatic carboxylic acids is 1. The summed E-state index contributed by atoms with van der Waals surface area (Å²) in [6, 6.07) is 0. The molecule has 0 aliphatic carbocycles. The van der Waals surface area contributed by atoms with E-state index in [1.165, 1.54) is 4.90 Å². The van der Waals surface area contributed by atoms with Crippen LogP contribution in [0.2, 0.25) is 5.02 Å². The topological polar surface area (TPSA) is 92.0 Å². The van der Waals surface area contributed by atoms with Crippen LogP contribution in [-0.4, -0.2) is 51.5 Å². The molecule has 2 aliphatic heterocycles. The molecule has 1 amide bonds. The van der Waals surface area contributed by atoms with Gasteiger partial charge in [-0.1, -0.05) is 11.6 Å². The fourth-order valence-corrected chi connectivity index (χ4v) is 3.75. The average molecular weight is 329 g/mol. The summed E-state index contributed by atoms with van der Waals surface area (Å²) in [7, 11) is 0.